The number of nitrogens with one attached hydrogen (secondary N) is 1. The number of nitrogens with zero attached hydrogens (tertiary/aromatic N) is 3. The maximum atomic E-state index is 11.9. The van der Waals surface area contributed by atoms with Crippen molar-refractivity contribution in [2.45, 2.75) is 19.4 Å². The monoisotopic (exact) mass is 348 g/mol. The number of aromatic nitrogens is 2. The van der Waals surface area contributed by atoms with Crippen molar-refractivity contribution in [3.8, 4) is 0 Å². The normalized spacial score (nSPS) is 15.2. The van der Waals surface area contributed by atoms with Crippen LogP contribution in [0.1, 0.15) is 28.8 Å². The summed E-state index contributed by atoms with van der Waals surface area (Å²) in [5.41, 5.74) is 1.85. The molecule has 0 unspecified atom stereocenters. The third-order valence-electron chi connectivity index (χ3n) is 4.21. The quantitative estimate of drug-likeness (QED) is 0.791. The molecule has 0 atom stereocenters. The van der Waals surface area contributed by atoms with E-state index in [0.29, 0.717) is 11.5 Å². The first-order valence-electron chi connectivity index (χ1n) is 8.20. The van der Waals surface area contributed by atoms with Crippen LogP contribution >= 0.6 is 0 Å². The lowest BCUT2D eigenvalue weighted by Gasteiger charge is -2.31. The first-order valence-corrected chi connectivity index (χ1v) is 8.20. The van der Waals surface area contributed by atoms with Crippen LogP contribution in [0, 0.1) is 5.92 Å². The summed E-state index contributed by atoms with van der Waals surface area (Å²) in [7, 11) is 1.94. The number of carboxylic acid groups (broad SMARTS) is 1. The second kappa shape index (κ2) is 9.63. The Morgan fingerprint density at radius 2 is 2.20 bits per heavy atom. The lowest BCUT2D eigenvalue weighted by Crippen LogP contribution is -2.38. The standard InChI is InChI=1S/C16H22N4O2.CH2O2/c1-19-10-14(9-18-19)11-20-5-2-13(3-6-20)8-17-16(21)15-4-7-22-12-15;2-1-3/h4,7,9-10,12-13H,2-3,5-6,8,11H2,1H3,(H,17,21);1H,(H,2,3). The summed E-state index contributed by atoms with van der Waals surface area (Å²) in [4.78, 5) is 22.7. The molecular formula is C17H24N4O4. The number of aryl methyl sites for hydroxylation is 1. The molecule has 2 N–H and O–H groups in total. The molecule has 0 bridgehead atoms. The molecule has 0 radical (unpaired) electrons. The van der Waals surface area contributed by atoms with Gasteiger partial charge < -0.3 is 14.8 Å². The fraction of sp³-hybridized carbons (Fsp3) is 0.471. The molecule has 8 heteroatoms. The Bertz CT molecular complexity index is 645. The number of rotatable bonds is 5. The van der Waals surface area contributed by atoms with Gasteiger partial charge in [0.2, 0.25) is 0 Å². The summed E-state index contributed by atoms with van der Waals surface area (Å²) in [5.74, 6) is 0.507. The Balaban J connectivity index is 0.000000701. The zero-order valence-corrected chi connectivity index (χ0v) is 14.3. The number of piperidine rings is 1. The summed E-state index contributed by atoms with van der Waals surface area (Å²) in [5, 5.41) is 14.1. The fourth-order valence-corrected chi connectivity index (χ4v) is 2.89. The van der Waals surface area contributed by atoms with Gasteiger partial charge in [-0.25, -0.2) is 0 Å². The minimum atomic E-state index is -0.250. The van der Waals surface area contributed by atoms with E-state index < -0.39 is 0 Å². The van der Waals surface area contributed by atoms with Gasteiger partial charge in [-0.3, -0.25) is 19.2 Å². The summed E-state index contributed by atoms with van der Waals surface area (Å²) in [6, 6.07) is 1.69. The minimum Gasteiger partial charge on any atom is -0.483 e. The molecule has 0 saturated carbocycles. The number of carbonyl (C=O) groups excluding carboxylic acids is 1. The van der Waals surface area contributed by atoms with Crippen LogP contribution in [0.2, 0.25) is 0 Å². The second-order valence-electron chi connectivity index (χ2n) is 6.07. The van der Waals surface area contributed by atoms with Gasteiger partial charge in [-0.2, -0.15) is 5.10 Å². The molecule has 2 aromatic rings. The van der Waals surface area contributed by atoms with Gasteiger partial charge in [0.05, 0.1) is 18.0 Å². The molecule has 2 aromatic heterocycles. The van der Waals surface area contributed by atoms with E-state index in [0.717, 1.165) is 39.0 Å². The number of amides is 1. The molecule has 0 aliphatic carbocycles. The Morgan fingerprint density at radius 3 is 2.76 bits per heavy atom. The SMILES string of the molecule is Cn1cc(CN2CCC(CNC(=O)c3ccoc3)CC2)cn1.O=CO. The maximum Gasteiger partial charge on any atom is 0.290 e. The molecule has 0 spiro atoms. The summed E-state index contributed by atoms with van der Waals surface area (Å²) >= 11 is 0. The van der Waals surface area contributed by atoms with Gasteiger partial charge in [0, 0.05) is 31.9 Å². The topological polar surface area (TPSA) is 101 Å². The Kier molecular flexibility index (Phi) is 7.21. The average Bonchev–Trinajstić information content (AvgIpc) is 3.27. The number of likely N-dealkylation sites (tertiary alicyclic amines) is 1. The predicted octanol–water partition coefficient (Wildman–Crippen LogP) is 1.36. The van der Waals surface area contributed by atoms with Gasteiger partial charge in [-0.05, 0) is 37.9 Å². The Hall–Kier alpha value is -2.61. The number of furan rings is 1. The molecule has 3 heterocycles. The first kappa shape index (κ1) is 18.7. The molecule has 0 aromatic carbocycles. The molecule has 1 aliphatic rings. The van der Waals surface area contributed by atoms with Crippen molar-refractivity contribution in [1.29, 1.82) is 0 Å². The summed E-state index contributed by atoms with van der Waals surface area (Å²) in [6.07, 6.45) is 9.23. The Morgan fingerprint density at radius 1 is 1.48 bits per heavy atom. The molecule has 1 saturated heterocycles. The highest BCUT2D eigenvalue weighted by atomic mass is 16.3. The molecule has 1 fully saturated rings. The molecular weight excluding hydrogens is 324 g/mol. The van der Waals surface area contributed by atoms with E-state index >= 15 is 0 Å². The molecule has 1 amide bonds. The van der Waals surface area contributed by atoms with Crippen molar-refractivity contribution in [2.75, 3.05) is 19.6 Å². The maximum absolute atomic E-state index is 11.9. The van der Waals surface area contributed by atoms with Gasteiger partial charge in [0.1, 0.15) is 6.26 Å². The molecule has 25 heavy (non-hydrogen) atoms. The average molecular weight is 348 g/mol. The largest absolute Gasteiger partial charge is 0.483 e. The highest BCUT2D eigenvalue weighted by Gasteiger charge is 2.20. The fourth-order valence-electron chi connectivity index (χ4n) is 2.89. The van der Waals surface area contributed by atoms with Crippen LogP contribution in [0.15, 0.2) is 35.4 Å². The van der Waals surface area contributed by atoms with Crippen LogP contribution in [0.25, 0.3) is 0 Å². The van der Waals surface area contributed by atoms with Crippen LogP contribution in [0.5, 0.6) is 0 Å². The summed E-state index contributed by atoms with van der Waals surface area (Å²) in [6.45, 7) is 3.59. The van der Waals surface area contributed by atoms with Gasteiger partial charge in [-0.15, -0.1) is 0 Å². The van der Waals surface area contributed by atoms with E-state index in [1.807, 2.05) is 17.9 Å². The third kappa shape index (κ3) is 6.07. The lowest BCUT2D eigenvalue weighted by molar-refractivity contribution is -0.122. The Labute approximate surface area is 146 Å². The smallest absolute Gasteiger partial charge is 0.290 e. The predicted molar refractivity (Wildman–Crippen MR) is 90.9 cm³/mol. The van der Waals surface area contributed by atoms with Crippen LogP contribution in [-0.4, -0.2) is 51.8 Å². The first-order chi connectivity index (χ1) is 12.1. The van der Waals surface area contributed by atoms with E-state index in [2.05, 4.69) is 21.5 Å². The van der Waals surface area contributed by atoms with Crippen molar-refractivity contribution in [1.82, 2.24) is 20.0 Å². The van der Waals surface area contributed by atoms with Crippen LogP contribution in [0.3, 0.4) is 0 Å². The molecule has 1 aliphatic heterocycles. The molecule has 136 valence electrons. The zero-order valence-electron chi connectivity index (χ0n) is 14.3. The van der Waals surface area contributed by atoms with Gasteiger partial charge in [-0.1, -0.05) is 0 Å². The van der Waals surface area contributed by atoms with Crippen LogP contribution < -0.4 is 5.32 Å². The van der Waals surface area contributed by atoms with Gasteiger partial charge in [0.25, 0.3) is 12.4 Å². The van der Waals surface area contributed by atoms with E-state index in [-0.39, 0.29) is 12.4 Å². The number of hydrogen-bond donors (Lipinski definition) is 2. The third-order valence-corrected chi connectivity index (χ3v) is 4.21. The minimum absolute atomic E-state index is 0.0495. The highest BCUT2D eigenvalue weighted by Crippen LogP contribution is 2.18. The zero-order chi connectivity index (χ0) is 18.1. The van der Waals surface area contributed by atoms with E-state index in [9.17, 15) is 4.79 Å². The van der Waals surface area contributed by atoms with Gasteiger partial charge >= 0.3 is 0 Å². The van der Waals surface area contributed by atoms with Crippen LogP contribution in [-0.2, 0) is 18.4 Å². The van der Waals surface area contributed by atoms with Crippen molar-refractivity contribution in [3.05, 3.63) is 42.1 Å². The molecule has 3 rings (SSSR count). The van der Waals surface area contributed by atoms with E-state index in [4.69, 9.17) is 14.3 Å². The van der Waals surface area contributed by atoms with Gasteiger partial charge in [0.15, 0.2) is 0 Å². The second-order valence-corrected chi connectivity index (χ2v) is 6.07. The lowest BCUT2D eigenvalue weighted by atomic mass is 9.96. The van der Waals surface area contributed by atoms with Crippen molar-refractivity contribution in [3.63, 3.8) is 0 Å². The van der Waals surface area contributed by atoms with Crippen molar-refractivity contribution < 1.29 is 19.1 Å². The molecule has 8 nitrogen and oxygen atoms in total. The number of carbonyl (C=O) groups is 2. The van der Waals surface area contributed by atoms with E-state index in [1.54, 1.807) is 6.07 Å². The van der Waals surface area contributed by atoms with Crippen molar-refractivity contribution in [2.24, 2.45) is 13.0 Å². The summed E-state index contributed by atoms with van der Waals surface area (Å²) < 4.78 is 6.77. The van der Waals surface area contributed by atoms with Crippen molar-refractivity contribution >= 4 is 12.4 Å². The highest BCUT2D eigenvalue weighted by molar-refractivity contribution is 5.93. The van der Waals surface area contributed by atoms with E-state index in [1.165, 1.54) is 18.1 Å². The number of hydrogen-bond acceptors (Lipinski definition) is 5. The van der Waals surface area contributed by atoms with Crippen LogP contribution in [0.4, 0.5) is 0 Å².